The third-order valence-electron chi connectivity index (χ3n) is 3.64. The molecular formula is C11H22N2. The van der Waals surface area contributed by atoms with Gasteiger partial charge in [0.05, 0.1) is 0 Å². The third-order valence-corrected chi connectivity index (χ3v) is 3.64. The van der Waals surface area contributed by atoms with E-state index in [1.165, 1.54) is 51.6 Å². The molecule has 76 valence electrons. The molecule has 2 heteroatoms. The molecule has 2 unspecified atom stereocenters. The average molecular weight is 182 g/mol. The molecule has 1 N–H and O–H groups in total. The van der Waals surface area contributed by atoms with E-state index in [4.69, 9.17) is 0 Å². The Kier molecular flexibility index (Phi) is 3.23. The molecule has 0 bridgehead atoms. The van der Waals surface area contributed by atoms with E-state index in [-0.39, 0.29) is 0 Å². The van der Waals surface area contributed by atoms with Crippen LogP contribution in [0.4, 0.5) is 0 Å². The Hall–Kier alpha value is -0.0800. The summed E-state index contributed by atoms with van der Waals surface area (Å²) in [4.78, 5) is 2.54. The molecular weight excluding hydrogens is 160 g/mol. The summed E-state index contributed by atoms with van der Waals surface area (Å²) in [6, 6.07) is 1.69. The predicted molar refractivity (Wildman–Crippen MR) is 55.9 cm³/mol. The van der Waals surface area contributed by atoms with Crippen molar-refractivity contribution in [2.24, 2.45) is 0 Å². The Morgan fingerprint density at radius 3 is 2.77 bits per heavy atom. The molecule has 0 aromatic heterocycles. The highest BCUT2D eigenvalue weighted by molar-refractivity contribution is 4.83. The standard InChI is InChI=1S/C11H22N2/c1-13-8-4-6-11(13)9-10-5-2-3-7-12-10/h10-12H,2-9H2,1H3. The van der Waals surface area contributed by atoms with Crippen molar-refractivity contribution in [1.82, 2.24) is 10.2 Å². The van der Waals surface area contributed by atoms with Crippen LogP contribution in [0.2, 0.25) is 0 Å². The zero-order chi connectivity index (χ0) is 9.10. The molecule has 2 aliphatic rings. The topological polar surface area (TPSA) is 15.3 Å². The lowest BCUT2D eigenvalue weighted by Crippen LogP contribution is -2.39. The van der Waals surface area contributed by atoms with E-state index in [0.29, 0.717) is 0 Å². The van der Waals surface area contributed by atoms with Gasteiger partial charge in [0.25, 0.3) is 0 Å². The molecule has 0 aromatic rings. The minimum Gasteiger partial charge on any atom is -0.314 e. The largest absolute Gasteiger partial charge is 0.314 e. The molecule has 13 heavy (non-hydrogen) atoms. The Morgan fingerprint density at radius 2 is 2.15 bits per heavy atom. The van der Waals surface area contributed by atoms with Crippen LogP contribution in [0.3, 0.4) is 0 Å². The molecule has 0 saturated carbocycles. The zero-order valence-corrected chi connectivity index (χ0v) is 8.76. The second-order valence-electron chi connectivity index (χ2n) is 4.66. The smallest absolute Gasteiger partial charge is 0.0107 e. The van der Waals surface area contributed by atoms with Crippen LogP contribution in [0.1, 0.15) is 38.5 Å². The fourth-order valence-electron chi connectivity index (χ4n) is 2.73. The van der Waals surface area contributed by atoms with Gasteiger partial charge in [0, 0.05) is 12.1 Å². The van der Waals surface area contributed by atoms with Crippen molar-refractivity contribution in [3.05, 3.63) is 0 Å². The van der Waals surface area contributed by atoms with E-state index in [9.17, 15) is 0 Å². The molecule has 2 aliphatic heterocycles. The molecule has 0 amide bonds. The highest BCUT2D eigenvalue weighted by Gasteiger charge is 2.24. The van der Waals surface area contributed by atoms with Crippen LogP contribution in [-0.2, 0) is 0 Å². The van der Waals surface area contributed by atoms with Crippen LogP contribution in [0.25, 0.3) is 0 Å². The summed E-state index contributed by atoms with van der Waals surface area (Å²) in [7, 11) is 2.28. The summed E-state index contributed by atoms with van der Waals surface area (Å²) < 4.78 is 0. The Bertz CT molecular complexity index is 152. The van der Waals surface area contributed by atoms with Crippen molar-refractivity contribution in [2.75, 3.05) is 20.1 Å². The third kappa shape index (κ3) is 2.44. The summed E-state index contributed by atoms with van der Waals surface area (Å²) in [6.45, 7) is 2.57. The summed E-state index contributed by atoms with van der Waals surface area (Å²) in [5.41, 5.74) is 0. The van der Waals surface area contributed by atoms with Gasteiger partial charge in [0.1, 0.15) is 0 Å². The lowest BCUT2D eigenvalue weighted by Gasteiger charge is -2.28. The summed E-state index contributed by atoms with van der Waals surface area (Å²) in [6.07, 6.45) is 8.45. The first-order chi connectivity index (χ1) is 6.36. The fourth-order valence-corrected chi connectivity index (χ4v) is 2.73. The Labute approximate surface area is 81.7 Å². The highest BCUT2D eigenvalue weighted by atomic mass is 15.1. The summed E-state index contributed by atoms with van der Waals surface area (Å²) >= 11 is 0. The van der Waals surface area contributed by atoms with Crippen LogP contribution < -0.4 is 5.32 Å². The monoisotopic (exact) mass is 182 g/mol. The SMILES string of the molecule is CN1CCCC1CC1CCCCN1. The number of hydrogen-bond donors (Lipinski definition) is 1. The fraction of sp³-hybridized carbons (Fsp3) is 1.00. The molecule has 2 fully saturated rings. The first kappa shape index (κ1) is 9.47. The first-order valence-electron chi connectivity index (χ1n) is 5.80. The molecule has 0 radical (unpaired) electrons. The number of likely N-dealkylation sites (tertiary alicyclic amines) is 1. The van der Waals surface area contributed by atoms with Crippen molar-refractivity contribution in [3.63, 3.8) is 0 Å². The van der Waals surface area contributed by atoms with Crippen molar-refractivity contribution in [2.45, 2.75) is 50.6 Å². The number of hydrogen-bond acceptors (Lipinski definition) is 2. The van der Waals surface area contributed by atoms with Crippen molar-refractivity contribution in [3.8, 4) is 0 Å². The first-order valence-corrected chi connectivity index (χ1v) is 5.80. The average Bonchev–Trinajstić information content (AvgIpc) is 2.54. The molecule has 2 saturated heterocycles. The maximum atomic E-state index is 3.64. The van der Waals surface area contributed by atoms with Gasteiger partial charge in [-0.2, -0.15) is 0 Å². The van der Waals surface area contributed by atoms with Crippen LogP contribution in [0.15, 0.2) is 0 Å². The quantitative estimate of drug-likeness (QED) is 0.698. The normalized spacial score (nSPS) is 36.7. The Balaban J connectivity index is 1.75. The molecule has 0 aliphatic carbocycles. The van der Waals surface area contributed by atoms with E-state index in [2.05, 4.69) is 17.3 Å². The molecule has 2 rings (SSSR count). The van der Waals surface area contributed by atoms with Gasteiger partial charge < -0.3 is 10.2 Å². The molecule has 2 atom stereocenters. The van der Waals surface area contributed by atoms with E-state index in [1.807, 2.05) is 0 Å². The number of rotatable bonds is 2. The molecule has 0 spiro atoms. The van der Waals surface area contributed by atoms with Gasteiger partial charge in [-0.3, -0.25) is 0 Å². The lowest BCUT2D eigenvalue weighted by molar-refractivity contribution is 0.252. The minimum absolute atomic E-state index is 0.819. The van der Waals surface area contributed by atoms with E-state index in [1.54, 1.807) is 0 Å². The van der Waals surface area contributed by atoms with Crippen LogP contribution in [0.5, 0.6) is 0 Å². The maximum Gasteiger partial charge on any atom is 0.0107 e. The van der Waals surface area contributed by atoms with Crippen molar-refractivity contribution >= 4 is 0 Å². The maximum absolute atomic E-state index is 3.64. The van der Waals surface area contributed by atoms with Gasteiger partial charge in [-0.25, -0.2) is 0 Å². The number of nitrogens with zero attached hydrogens (tertiary/aromatic N) is 1. The van der Waals surface area contributed by atoms with Gasteiger partial charge in [-0.05, 0) is 52.2 Å². The zero-order valence-electron chi connectivity index (χ0n) is 8.76. The number of piperidine rings is 1. The van der Waals surface area contributed by atoms with Gasteiger partial charge in [0.2, 0.25) is 0 Å². The Morgan fingerprint density at radius 1 is 1.23 bits per heavy atom. The van der Waals surface area contributed by atoms with E-state index < -0.39 is 0 Å². The van der Waals surface area contributed by atoms with Crippen molar-refractivity contribution in [1.29, 1.82) is 0 Å². The molecule has 2 nitrogen and oxygen atoms in total. The number of nitrogens with one attached hydrogen (secondary N) is 1. The van der Waals surface area contributed by atoms with E-state index >= 15 is 0 Å². The predicted octanol–water partition coefficient (Wildman–Crippen LogP) is 1.61. The van der Waals surface area contributed by atoms with Gasteiger partial charge in [-0.1, -0.05) is 6.42 Å². The van der Waals surface area contributed by atoms with Crippen molar-refractivity contribution < 1.29 is 0 Å². The highest BCUT2D eigenvalue weighted by Crippen LogP contribution is 2.22. The van der Waals surface area contributed by atoms with Gasteiger partial charge >= 0.3 is 0 Å². The van der Waals surface area contributed by atoms with Crippen LogP contribution in [0, 0.1) is 0 Å². The molecule has 2 heterocycles. The van der Waals surface area contributed by atoms with Gasteiger partial charge in [0.15, 0.2) is 0 Å². The second-order valence-corrected chi connectivity index (χ2v) is 4.66. The minimum atomic E-state index is 0.819. The van der Waals surface area contributed by atoms with Gasteiger partial charge in [-0.15, -0.1) is 0 Å². The lowest BCUT2D eigenvalue weighted by atomic mass is 9.97. The molecule has 0 aromatic carbocycles. The van der Waals surface area contributed by atoms with Crippen LogP contribution >= 0.6 is 0 Å². The summed E-state index contributed by atoms with van der Waals surface area (Å²) in [5.74, 6) is 0. The second kappa shape index (κ2) is 4.43. The summed E-state index contributed by atoms with van der Waals surface area (Å²) in [5, 5.41) is 3.64. The van der Waals surface area contributed by atoms with Crippen LogP contribution in [-0.4, -0.2) is 37.1 Å². The van der Waals surface area contributed by atoms with E-state index in [0.717, 1.165) is 12.1 Å².